The number of hydrogen-bond acceptors (Lipinski definition) is 4. The second-order valence-electron chi connectivity index (χ2n) is 4.49. The summed E-state index contributed by atoms with van der Waals surface area (Å²) in [5.74, 6) is 0.315. The van der Waals surface area contributed by atoms with Crippen molar-refractivity contribution in [3.8, 4) is 0 Å². The van der Waals surface area contributed by atoms with Crippen LogP contribution in [0.5, 0.6) is 0 Å². The first-order valence-corrected chi connectivity index (χ1v) is 7.50. The van der Waals surface area contributed by atoms with E-state index < -0.39 is 6.10 Å². The van der Waals surface area contributed by atoms with Crippen LogP contribution in [0.15, 0.2) is 5.16 Å². The van der Waals surface area contributed by atoms with Gasteiger partial charge in [0.05, 0.1) is 6.10 Å². The van der Waals surface area contributed by atoms with Gasteiger partial charge in [0.1, 0.15) is 5.15 Å². The van der Waals surface area contributed by atoms with E-state index in [0.29, 0.717) is 16.2 Å². The average molecular weight is 273 g/mol. The van der Waals surface area contributed by atoms with E-state index in [2.05, 4.69) is 9.97 Å². The van der Waals surface area contributed by atoms with Crippen molar-refractivity contribution in [3.63, 3.8) is 0 Å². The molecule has 2 rings (SSSR count). The molecule has 0 saturated heterocycles. The Morgan fingerprint density at radius 3 is 2.53 bits per heavy atom. The first-order chi connectivity index (χ1) is 8.13. The molecule has 0 amide bonds. The van der Waals surface area contributed by atoms with Crippen LogP contribution in [0.25, 0.3) is 0 Å². The van der Waals surface area contributed by atoms with E-state index in [-0.39, 0.29) is 0 Å². The molecule has 1 aliphatic rings. The topological polar surface area (TPSA) is 46.0 Å². The van der Waals surface area contributed by atoms with Crippen LogP contribution in [0, 0.1) is 12.8 Å². The fourth-order valence-electron chi connectivity index (χ4n) is 2.46. The number of halogens is 1. The normalized spacial score (nSPS) is 18.6. The fourth-order valence-corrected chi connectivity index (χ4v) is 3.25. The average Bonchev–Trinajstić information content (AvgIpc) is 2.81. The third-order valence-corrected chi connectivity index (χ3v) is 4.23. The van der Waals surface area contributed by atoms with Crippen LogP contribution in [-0.2, 0) is 0 Å². The van der Waals surface area contributed by atoms with E-state index in [0.717, 1.165) is 24.1 Å². The first-order valence-electron chi connectivity index (χ1n) is 5.89. The van der Waals surface area contributed by atoms with E-state index in [1.54, 1.807) is 0 Å². The van der Waals surface area contributed by atoms with Gasteiger partial charge in [-0.2, -0.15) is 0 Å². The zero-order chi connectivity index (χ0) is 12.4. The number of thioether (sulfide) groups is 1. The lowest BCUT2D eigenvalue weighted by Gasteiger charge is -2.20. The molecule has 0 aliphatic heterocycles. The summed E-state index contributed by atoms with van der Waals surface area (Å²) in [7, 11) is 0. The molecule has 17 heavy (non-hydrogen) atoms. The zero-order valence-electron chi connectivity index (χ0n) is 10.1. The molecule has 1 aromatic heterocycles. The van der Waals surface area contributed by atoms with Gasteiger partial charge < -0.3 is 5.11 Å². The molecule has 3 nitrogen and oxygen atoms in total. The van der Waals surface area contributed by atoms with Crippen LogP contribution >= 0.6 is 23.4 Å². The van der Waals surface area contributed by atoms with Crippen LogP contribution < -0.4 is 0 Å². The maximum absolute atomic E-state index is 10.4. The van der Waals surface area contributed by atoms with Crippen molar-refractivity contribution in [3.05, 3.63) is 16.4 Å². The number of aryl methyl sites for hydroxylation is 1. The predicted octanol–water partition coefficient (Wildman–Crippen LogP) is 3.38. The second kappa shape index (κ2) is 5.55. The Labute approximate surface area is 111 Å². The first kappa shape index (κ1) is 13.1. The highest BCUT2D eigenvalue weighted by atomic mass is 35.5. The molecule has 0 spiro atoms. The van der Waals surface area contributed by atoms with Crippen LogP contribution in [0.2, 0.25) is 5.15 Å². The molecule has 1 saturated carbocycles. The summed E-state index contributed by atoms with van der Waals surface area (Å²) in [6, 6.07) is 0. The minimum Gasteiger partial charge on any atom is -0.388 e. The summed E-state index contributed by atoms with van der Waals surface area (Å²) in [5, 5.41) is 11.4. The fraction of sp³-hybridized carbons (Fsp3) is 0.667. The Morgan fingerprint density at radius 2 is 2.00 bits per heavy atom. The number of hydrogen-bond donors (Lipinski definition) is 1. The third kappa shape index (κ3) is 2.75. The minimum atomic E-state index is -0.513. The zero-order valence-corrected chi connectivity index (χ0v) is 11.7. The Morgan fingerprint density at radius 1 is 1.35 bits per heavy atom. The largest absolute Gasteiger partial charge is 0.388 e. The highest BCUT2D eigenvalue weighted by Crippen LogP contribution is 2.38. The van der Waals surface area contributed by atoms with Gasteiger partial charge in [-0.1, -0.05) is 36.2 Å². The van der Waals surface area contributed by atoms with Crippen LogP contribution in [0.3, 0.4) is 0 Å². The van der Waals surface area contributed by atoms with Crippen LogP contribution in [0.1, 0.15) is 43.0 Å². The molecule has 0 radical (unpaired) electrons. The van der Waals surface area contributed by atoms with Crippen molar-refractivity contribution in [2.75, 3.05) is 6.26 Å². The van der Waals surface area contributed by atoms with Crippen molar-refractivity contribution in [1.82, 2.24) is 9.97 Å². The summed E-state index contributed by atoms with van der Waals surface area (Å²) >= 11 is 7.62. The molecule has 94 valence electrons. The maximum atomic E-state index is 10.4. The Hall–Kier alpha value is -0.320. The van der Waals surface area contributed by atoms with Crippen LogP contribution in [-0.4, -0.2) is 21.3 Å². The molecule has 1 atom stereocenters. The smallest absolute Gasteiger partial charge is 0.188 e. The second-order valence-corrected chi connectivity index (χ2v) is 5.62. The molecular weight excluding hydrogens is 256 g/mol. The van der Waals surface area contributed by atoms with E-state index in [1.807, 2.05) is 13.2 Å². The van der Waals surface area contributed by atoms with E-state index in [1.165, 1.54) is 24.6 Å². The summed E-state index contributed by atoms with van der Waals surface area (Å²) in [6.45, 7) is 1.89. The van der Waals surface area contributed by atoms with Gasteiger partial charge in [0.15, 0.2) is 5.16 Å². The monoisotopic (exact) mass is 272 g/mol. The van der Waals surface area contributed by atoms with Crippen molar-refractivity contribution in [2.45, 2.75) is 43.9 Å². The summed E-state index contributed by atoms with van der Waals surface area (Å²) < 4.78 is 0. The van der Waals surface area contributed by atoms with Gasteiger partial charge in [0, 0.05) is 11.3 Å². The molecule has 1 aromatic rings. The number of aliphatic hydroxyl groups excluding tert-OH is 1. The Balaban J connectivity index is 2.30. The van der Waals surface area contributed by atoms with Crippen molar-refractivity contribution < 1.29 is 5.11 Å². The standard InChI is InChI=1S/C12H17ClN2OS/c1-7-9(10(16)8-5-3-4-6-8)11(13)15-12(14-7)17-2/h8,10,16H,3-6H2,1-2H3. The van der Waals surface area contributed by atoms with E-state index in [9.17, 15) is 5.11 Å². The van der Waals surface area contributed by atoms with E-state index in [4.69, 9.17) is 11.6 Å². The Kier molecular flexibility index (Phi) is 4.28. The van der Waals surface area contributed by atoms with Gasteiger partial charge in [0.2, 0.25) is 0 Å². The highest BCUT2D eigenvalue weighted by Gasteiger charge is 2.28. The van der Waals surface area contributed by atoms with Gasteiger partial charge in [-0.25, -0.2) is 9.97 Å². The van der Waals surface area contributed by atoms with Crippen molar-refractivity contribution in [1.29, 1.82) is 0 Å². The molecule has 1 N–H and O–H groups in total. The van der Waals surface area contributed by atoms with Crippen molar-refractivity contribution >= 4 is 23.4 Å². The molecule has 0 aromatic carbocycles. The van der Waals surface area contributed by atoms with Crippen molar-refractivity contribution in [2.24, 2.45) is 5.92 Å². The molecule has 1 aliphatic carbocycles. The summed E-state index contributed by atoms with van der Waals surface area (Å²) in [6.07, 6.45) is 5.94. The molecule has 5 heteroatoms. The Bertz CT molecular complexity index is 384. The lowest BCUT2D eigenvalue weighted by atomic mass is 9.94. The third-order valence-electron chi connectivity index (χ3n) is 3.39. The lowest BCUT2D eigenvalue weighted by Crippen LogP contribution is -2.13. The summed E-state index contributed by atoms with van der Waals surface area (Å²) in [4.78, 5) is 8.55. The van der Waals surface area contributed by atoms with Gasteiger partial charge in [-0.05, 0) is 31.9 Å². The lowest BCUT2D eigenvalue weighted by molar-refractivity contribution is 0.110. The number of rotatable bonds is 3. The molecule has 1 fully saturated rings. The number of nitrogens with zero attached hydrogens (tertiary/aromatic N) is 2. The number of aromatic nitrogens is 2. The minimum absolute atomic E-state index is 0.315. The SMILES string of the molecule is CSc1nc(C)c(C(O)C2CCCC2)c(Cl)n1. The van der Waals surface area contributed by atoms with Gasteiger partial charge in [0.25, 0.3) is 0 Å². The highest BCUT2D eigenvalue weighted by molar-refractivity contribution is 7.98. The van der Waals surface area contributed by atoms with E-state index >= 15 is 0 Å². The molecule has 0 bridgehead atoms. The maximum Gasteiger partial charge on any atom is 0.188 e. The van der Waals surface area contributed by atoms with Gasteiger partial charge >= 0.3 is 0 Å². The van der Waals surface area contributed by atoms with Crippen LogP contribution in [0.4, 0.5) is 0 Å². The number of aliphatic hydroxyl groups is 1. The summed E-state index contributed by atoms with van der Waals surface area (Å²) in [5.41, 5.74) is 1.52. The van der Waals surface area contributed by atoms with Gasteiger partial charge in [-0.3, -0.25) is 0 Å². The molecular formula is C12H17ClN2OS. The molecule has 1 heterocycles. The molecule has 1 unspecified atom stereocenters. The quantitative estimate of drug-likeness (QED) is 0.521. The predicted molar refractivity (Wildman–Crippen MR) is 70.5 cm³/mol. The van der Waals surface area contributed by atoms with Gasteiger partial charge in [-0.15, -0.1) is 0 Å².